The van der Waals surface area contributed by atoms with E-state index in [2.05, 4.69) is 0 Å². The maximum atomic E-state index is 12.7. The van der Waals surface area contributed by atoms with Crippen molar-refractivity contribution in [2.24, 2.45) is 0 Å². The van der Waals surface area contributed by atoms with Gasteiger partial charge in [-0.3, -0.25) is 4.79 Å². The van der Waals surface area contributed by atoms with Crippen molar-refractivity contribution in [2.75, 3.05) is 51.9 Å². The third kappa shape index (κ3) is 4.93. The van der Waals surface area contributed by atoms with Gasteiger partial charge in [0.25, 0.3) is 6.43 Å². The lowest BCUT2D eigenvalue weighted by Gasteiger charge is -2.30. The molecule has 2 aliphatic rings. The number of hydrogen-bond donors (Lipinski definition) is 0. The van der Waals surface area contributed by atoms with Gasteiger partial charge in [-0.2, -0.15) is 5.26 Å². The number of anilines is 1. The molecule has 1 aliphatic carbocycles. The molecule has 154 valence electrons. The molecule has 0 bridgehead atoms. The van der Waals surface area contributed by atoms with Crippen molar-refractivity contribution >= 4 is 17.5 Å². The van der Waals surface area contributed by atoms with Gasteiger partial charge in [-0.15, -0.1) is 0 Å². The van der Waals surface area contributed by atoms with Crippen molar-refractivity contribution in [3.05, 3.63) is 40.6 Å². The number of fused-ring (bicyclic) bond motifs is 1. The van der Waals surface area contributed by atoms with Crippen molar-refractivity contribution in [2.45, 2.75) is 12.8 Å². The first-order chi connectivity index (χ1) is 13.9. The Morgan fingerprint density at radius 3 is 2.72 bits per heavy atom. The number of allylic oxidation sites excluding steroid dienone is 2. The zero-order chi connectivity index (χ0) is 21.0. The molecular weight excluding hydrogens is 380 g/mol. The number of carbonyl (C=O) groups excluding carboxylic acids is 1. The normalized spacial score (nSPS) is 16.3. The topological polar surface area (TPSA) is 65.8 Å². The largest absolute Gasteiger partial charge is 0.485 e. The highest BCUT2D eigenvalue weighted by Crippen LogP contribution is 2.38. The van der Waals surface area contributed by atoms with Crippen LogP contribution in [-0.2, 0) is 16.0 Å². The molecule has 0 N–H and O–H groups in total. The minimum Gasteiger partial charge on any atom is -0.485 e. The molecule has 1 fully saturated rings. The lowest BCUT2D eigenvalue weighted by atomic mass is 10.0. The van der Waals surface area contributed by atoms with Crippen molar-refractivity contribution in [3.63, 3.8) is 0 Å². The molecule has 0 atom stereocenters. The minimum atomic E-state index is -2.58. The van der Waals surface area contributed by atoms with Crippen LogP contribution >= 0.6 is 0 Å². The van der Waals surface area contributed by atoms with Crippen LogP contribution in [0.1, 0.15) is 11.1 Å². The highest BCUT2D eigenvalue weighted by molar-refractivity contribution is 6.14. The highest BCUT2D eigenvalue weighted by Gasteiger charge is 2.25. The number of hydrogen-bond acceptors (Lipinski definition) is 6. The summed E-state index contributed by atoms with van der Waals surface area (Å²) in [7, 11) is 3.48. The number of alkyl halides is 2. The standard InChI is InChI=1S/C21H23F2N3O3/c1-25(2)12-17(11-24)21(27)16-7-14-9-18(26-3-5-28-6-4-26)19(10-15(14)8-16)29-13-20(22)23/h8-10,12,20H,3-7,13H2,1-2H3. The number of benzene rings is 1. The Kier molecular flexibility index (Phi) is 6.49. The summed E-state index contributed by atoms with van der Waals surface area (Å²) in [6.07, 6.45) is 0.995. The Morgan fingerprint density at radius 1 is 1.38 bits per heavy atom. The summed E-state index contributed by atoms with van der Waals surface area (Å²) in [5, 5.41) is 9.30. The lowest BCUT2D eigenvalue weighted by Crippen LogP contribution is -2.36. The molecule has 3 rings (SSSR count). The molecule has 0 spiro atoms. The maximum Gasteiger partial charge on any atom is 0.272 e. The molecule has 1 aliphatic heterocycles. The number of Topliss-reactive ketones (excluding diaryl/α,β-unsaturated/α-hetero) is 1. The molecule has 1 saturated heterocycles. The van der Waals surface area contributed by atoms with E-state index in [-0.39, 0.29) is 11.4 Å². The van der Waals surface area contributed by atoms with Gasteiger partial charge >= 0.3 is 0 Å². The number of nitrogens with zero attached hydrogens (tertiary/aromatic N) is 3. The molecule has 29 heavy (non-hydrogen) atoms. The third-order valence-electron chi connectivity index (χ3n) is 4.69. The molecule has 0 unspecified atom stereocenters. The number of nitriles is 1. The first kappa shape index (κ1) is 20.8. The van der Waals surface area contributed by atoms with E-state index in [1.54, 1.807) is 31.1 Å². The van der Waals surface area contributed by atoms with Gasteiger partial charge in [0.2, 0.25) is 5.78 Å². The molecule has 0 aromatic heterocycles. The van der Waals surface area contributed by atoms with Crippen LogP contribution in [0.4, 0.5) is 14.5 Å². The number of rotatable bonds is 7. The SMILES string of the molecule is CN(C)C=C(C#N)C(=O)C1=Cc2cc(OCC(F)F)c(N3CCOCC3)cc2C1. The molecule has 1 aromatic rings. The van der Waals surface area contributed by atoms with Crippen LogP contribution in [0.2, 0.25) is 0 Å². The monoisotopic (exact) mass is 403 g/mol. The van der Waals surface area contributed by atoms with Gasteiger partial charge in [0.1, 0.15) is 24.0 Å². The first-order valence-corrected chi connectivity index (χ1v) is 9.33. The summed E-state index contributed by atoms with van der Waals surface area (Å²) < 4.78 is 36.2. The van der Waals surface area contributed by atoms with Crippen LogP contribution in [0.3, 0.4) is 0 Å². The van der Waals surface area contributed by atoms with Gasteiger partial charge in [0, 0.05) is 45.4 Å². The van der Waals surface area contributed by atoms with Crippen LogP contribution in [0.25, 0.3) is 6.08 Å². The molecule has 1 heterocycles. The van der Waals surface area contributed by atoms with E-state index < -0.39 is 13.0 Å². The Morgan fingerprint density at radius 2 is 2.10 bits per heavy atom. The van der Waals surface area contributed by atoms with Gasteiger partial charge in [0.15, 0.2) is 0 Å². The fraction of sp³-hybridized carbons (Fsp3) is 0.429. The number of carbonyl (C=O) groups is 1. The zero-order valence-corrected chi connectivity index (χ0v) is 16.5. The van der Waals surface area contributed by atoms with Crippen LogP contribution in [0.15, 0.2) is 29.5 Å². The summed E-state index contributed by atoms with van der Waals surface area (Å²) in [4.78, 5) is 16.4. The lowest BCUT2D eigenvalue weighted by molar-refractivity contribution is -0.111. The van der Waals surface area contributed by atoms with Crippen molar-refractivity contribution in [1.29, 1.82) is 5.26 Å². The molecule has 0 radical (unpaired) electrons. The third-order valence-corrected chi connectivity index (χ3v) is 4.69. The molecule has 6 nitrogen and oxygen atoms in total. The molecule has 8 heteroatoms. The van der Waals surface area contributed by atoms with Crippen molar-refractivity contribution in [3.8, 4) is 11.8 Å². The summed E-state index contributed by atoms with van der Waals surface area (Å²) in [6, 6.07) is 5.53. The number of ether oxygens (including phenoxy) is 2. The second kappa shape index (κ2) is 9.05. The number of morpholine rings is 1. The van der Waals surface area contributed by atoms with Crippen molar-refractivity contribution < 1.29 is 23.0 Å². The zero-order valence-electron chi connectivity index (χ0n) is 16.5. The number of halogens is 2. The average Bonchev–Trinajstić information content (AvgIpc) is 3.12. The van der Waals surface area contributed by atoms with Gasteiger partial charge in [-0.05, 0) is 29.3 Å². The second-order valence-electron chi connectivity index (χ2n) is 7.11. The fourth-order valence-corrected chi connectivity index (χ4v) is 3.39. The smallest absolute Gasteiger partial charge is 0.272 e. The summed E-state index contributed by atoms with van der Waals surface area (Å²) in [5.74, 6) is 0.0283. The molecule has 0 saturated carbocycles. The van der Waals surface area contributed by atoms with E-state index in [1.165, 1.54) is 6.20 Å². The van der Waals surface area contributed by atoms with E-state index in [4.69, 9.17) is 9.47 Å². The van der Waals surface area contributed by atoms with Gasteiger partial charge in [-0.25, -0.2) is 8.78 Å². The molecule has 0 amide bonds. The van der Waals surface area contributed by atoms with E-state index >= 15 is 0 Å². The summed E-state index contributed by atoms with van der Waals surface area (Å²) in [5.41, 5.74) is 2.92. The highest BCUT2D eigenvalue weighted by atomic mass is 19.3. The Hall–Kier alpha value is -2.92. The van der Waals surface area contributed by atoms with Crippen molar-refractivity contribution in [1.82, 2.24) is 4.90 Å². The van der Waals surface area contributed by atoms with Crippen LogP contribution in [-0.4, -0.2) is 64.1 Å². The van der Waals surface area contributed by atoms with E-state index in [0.717, 1.165) is 16.8 Å². The molecule has 1 aromatic carbocycles. The average molecular weight is 403 g/mol. The van der Waals surface area contributed by atoms with Gasteiger partial charge < -0.3 is 19.3 Å². The minimum absolute atomic E-state index is 0.0524. The quantitative estimate of drug-likeness (QED) is 0.515. The van der Waals surface area contributed by atoms with E-state index in [0.29, 0.717) is 44.0 Å². The maximum absolute atomic E-state index is 12.7. The van der Waals surface area contributed by atoms with E-state index in [9.17, 15) is 18.8 Å². The summed E-state index contributed by atoms with van der Waals surface area (Å²) >= 11 is 0. The second-order valence-corrected chi connectivity index (χ2v) is 7.11. The predicted octanol–water partition coefficient (Wildman–Crippen LogP) is 2.64. The number of ketones is 1. The summed E-state index contributed by atoms with van der Waals surface area (Å²) in [6.45, 7) is 1.67. The predicted molar refractivity (Wildman–Crippen MR) is 105 cm³/mol. The Balaban J connectivity index is 1.91. The van der Waals surface area contributed by atoms with Crippen LogP contribution < -0.4 is 9.64 Å². The van der Waals surface area contributed by atoms with Gasteiger partial charge in [-0.1, -0.05) is 0 Å². The Labute approximate surface area is 168 Å². The van der Waals surface area contributed by atoms with E-state index in [1.807, 2.05) is 17.0 Å². The fourth-order valence-electron chi connectivity index (χ4n) is 3.39. The van der Waals surface area contributed by atoms with Crippen LogP contribution in [0, 0.1) is 11.3 Å². The Bertz CT molecular complexity index is 882. The first-order valence-electron chi connectivity index (χ1n) is 9.33. The molecular formula is C21H23F2N3O3. The van der Waals surface area contributed by atoms with Gasteiger partial charge in [0.05, 0.1) is 18.9 Å². The van der Waals surface area contributed by atoms with Crippen LogP contribution in [0.5, 0.6) is 5.75 Å².